The molecule has 0 spiro atoms. The van der Waals surface area contributed by atoms with Gasteiger partial charge in [0, 0.05) is 18.5 Å². The molecule has 0 radical (unpaired) electrons. The van der Waals surface area contributed by atoms with Gasteiger partial charge in [0.2, 0.25) is 11.8 Å². The van der Waals surface area contributed by atoms with Gasteiger partial charge in [-0.15, -0.1) is 5.10 Å². The molecule has 0 unspecified atom stereocenters. The van der Waals surface area contributed by atoms with Gasteiger partial charge in [-0.3, -0.25) is 0 Å². The molecule has 2 aromatic heterocycles. The molecule has 0 bridgehead atoms. The molecule has 0 aliphatic rings. The van der Waals surface area contributed by atoms with Crippen LogP contribution in [-0.2, 0) is 13.0 Å². The van der Waals surface area contributed by atoms with Crippen LogP contribution in [0.2, 0.25) is 0 Å². The molecule has 0 aliphatic carbocycles. The highest BCUT2D eigenvalue weighted by Crippen LogP contribution is 2.07. The second-order valence-electron chi connectivity index (χ2n) is 5.12. The fourth-order valence-corrected chi connectivity index (χ4v) is 1.32. The van der Waals surface area contributed by atoms with Crippen LogP contribution in [0.3, 0.4) is 0 Å². The van der Waals surface area contributed by atoms with Crippen LogP contribution in [0, 0.1) is 0 Å². The van der Waals surface area contributed by atoms with Crippen molar-refractivity contribution in [3.63, 3.8) is 0 Å². The van der Waals surface area contributed by atoms with Crippen LogP contribution in [0.5, 0.6) is 0 Å². The second-order valence-corrected chi connectivity index (χ2v) is 5.12. The molecule has 104 valence electrons. The van der Waals surface area contributed by atoms with E-state index in [1.165, 1.54) is 6.33 Å². The van der Waals surface area contributed by atoms with Gasteiger partial charge in [0.15, 0.2) is 6.33 Å². The van der Waals surface area contributed by atoms with Crippen molar-refractivity contribution in [2.24, 2.45) is 0 Å². The van der Waals surface area contributed by atoms with E-state index in [2.05, 4.69) is 51.7 Å². The third-order valence-corrected chi connectivity index (χ3v) is 2.26. The maximum Gasteiger partial charge on any atom is 0.315 e. The van der Waals surface area contributed by atoms with Gasteiger partial charge in [-0.1, -0.05) is 10.3 Å². The minimum atomic E-state index is 0.0139. The standard InChI is InChI=1S/C11H18N6O2/c1-11(2,3)14-6-9-16-17-10(18-9)12-5-4-8-13-7-15-19-8/h7,14H,4-6H2,1-3H3,(H,12,17). The third-order valence-electron chi connectivity index (χ3n) is 2.26. The number of anilines is 1. The van der Waals surface area contributed by atoms with Crippen LogP contribution in [0.1, 0.15) is 32.6 Å². The van der Waals surface area contributed by atoms with E-state index in [9.17, 15) is 0 Å². The first-order valence-electron chi connectivity index (χ1n) is 6.10. The quantitative estimate of drug-likeness (QED) is 0.798. The molecule has 0 saturated carbocycles. The van der Waals surface area contributed by atoms with Gasteiger partial charge < -0.3 is 19.6 Å². The minimum absolute atomic E-state index is 0.0139. The number of aromatic nitrogens is 4. The summed E-state index contributed by atoms with van der Waals surface area (Å²) >= 11 is 0. The first-order chi connectivity index (χ1) is 9.03. The molecule has 8 heteroatoms. The van der Waals surface area contributed by atoms with Crippen LogP contribution in [-0.4, -0.2) is 32.4 Å². The third kappa shape index (κ3) is 4.66. The Kier molecular flexibility index (Phi) is 4.10. The SMILES string of the molecule is CC(C)(C)NCc1nnc(NCCc2ncno2)o1. The maximum atomic E-state index is 5.44. The number of hydrogen-bond acceptors (Lipinski definition) is 8. The summed E-state index contributed by atoms with van der Waals surface area (Å²) in [5, 5.41) is 17.6. The van der Waals surface area contributed by atoms with Gasteiger partial charge in [-0.2, -0.15) is 4.98 Å². The highest BCUT2D eigenvalue weighted by molar-refractivity contribution is 5.16. The van der Waals surface area contributed by atoms with Gasteiger partial charge in [0.25, 0.3) is 0 Å². The van der Waals surface area contributed by atoms with Crippen LogP contribution in [0.25, 0.3) is 0 Å². The number of hydrogen-bond donors (Lipinski definition) is 2. The monoisotopic (exact) mass is 266 g/mol. The number of nitrogens with zero attached hydrogens (tertiary/aromatic N) is 4. The molecular formula is C11H18N6O2. The van der Waals surface area contributed by atoms with Crippen LogP contribution in [0.4, 0.5) is 6.01 Å². The van der Waals surface area contributed by atoms with Crippen LogP contribution in [0.15, 0.2) is 15.3 Å². The molecule has 0 aromatic carbocycles. The van der Waals surface area contributed by atoms with E-state index < -0.39 is 0 Å². The lowest BCUT2D eigenvalue weighted by atomic mass is 10.1. The van der Waals surface area contributed by atoms with Crippen molar-refractivity contribution in [2.75, 3.05) is 11.9 Å². The van der Waals surface area contributed by atoms with Crippen molar-refractivity contribution in [2.45, 2.75) is 39.3 Å². The molecular weight excluding hydrogens is 248 g/mol. The molecule has 19 heavy (non-hydrogen) atoms. The summed E-state index contributed by atoms with van der Waals surface area (Å²) in [6.45, 7) is 7.37. The van der Waals surface area contributed by atoms with Crippen molar-refractivity contribution in [1.29, 1.82) is 0 Å². The summed E-state index contributed by atoms with van der Waals surface area (Å²) in [6, 6.07) is 0.394. The lowest BCUT2D eigenvalue weighted by Crippen LogP contribution is -2.35. The van der Waals surface area contributed by atoms with E-state index in [0.29, 0.717) is 37.3 Å². The lowest BCUT2D eigenvalue weighted by Gasteiger charge is -2.18. The average Bonchev–Trinajstić information content (AvgIpc) is 2.97. The fourth-order valence-electron chi connectivity index (χ4n) is 1.32. The Hall–Kier alpha value is -1.96. The van der Waals surface area contributed by atoms with Gasteiger partial charge in [0.05, 0.1) is 6.54 Å². The molecule has 2 aromatic rings. The van der Waals surface area contributed by atoms with Crippen molar-refractivity contribution in [3.8, 4) is 0 Å². The molecule has 0 atom stereocenters. The first kappa shape index (κ1) is 13.5. The van der Waals surface area contributed by atoms with Gasteiger partial charge >= 0.3 is 6.01 Å². The summed E-state index contributed by atoms with van der Waals surface area (Å²) in [5.41, 5.74) is 0.0139. The number of nitrogens with one attached hydrogen (secondary N) is 2. The summed E-state index contributed by atoms with van der Waals surface area (Å²) in [6.07, 6.45) is 1.98. The summed E-state index contributed by atoms with van der Waals surface area (Å²) in [4.78, 5) is 3.91. The van der Waals surface area contributed by atoms with E-state index in [0.717, 1.165) is 0 Å². The Bertz CT molecular complexity index is 488. The Balaban J connectivity index is 1.74. The van der Waals surface area contributed by atoms with E-state index in [1.54, 1.807) is 0 Å². The normalized spacial score (nSPS) is 11.7. The zero-order valence-electron chi connectivity index (χ0n) is 11.3. The molecule has 0 amide bonds. The highest BCUT2D eigenvalue weighted by atomic mass is 16.5. The van der Waals surface area contributed by atoms with E-state index in [4.69, 9.17) is 8.94 Å². The predicted octanol–water partition coefficient (Wildman–Crippen LogP) is 0.995. The summed E-state index contributed by atoms with van der Waals surface area (Å²) in [5.74, 6) is 1.12. The van der Waals surface area contributed by atoms with Crippen molar-refractivity contribution in [1.82, 2.24) is 25.7 Å². The molecule has 2 N–H and O–H groups in total. The summed E-state index contributed by atoms with van der Waals surface area (Å²) < 4.78 is 10.3. The Labute approximate surface area is 111 Å². The Morgan fingerprint density at radius 2 is 2.05 bits per heavy atom. The van der Waals surface area contributed by atoms with Gasteiger partial charge in [-0.05, 0) is 20.8 Å². The Morgan fingerprint density at radius 1 is 1.21 bits per heavy atom. The van der Waals surface area contributed by atoms with Gasteiger partial charge in [0.1, 0.15) is 0 Å². The zero-order valence-corrected chi connectivity index (χ0v) is 11.3. The minimum Gasteiger partial charge on any atom is -0.407 e. The largest absolute Gasteiger partial charge is 0.407 e. The molecule has 8 nitrogen and oxygen atoms in total. The average molecular weight is 266 g/mol. The van der Waals surface area contributed by atoms with Crippen molar-refractivity contribution < 1.29 is 8.94 Å². The highest BCUT2D eigenvalue weighted by Gasteiger charge is 2.12. The van der Waals surface area contributed by atoms with E-state index in [1.807, 2.05) is 0 Å². The van der Waals surface area contributed by atoms with E-state index >= 15 is 0 Å². The topological polar surface area (TPSA) is 102 Å². The van der Waals surface area contributed by atoms with Gasteiger partial charge in [-0.25, -0.2) is 0 Å². The molecule has 2 heterocycles. The fraction of sp³-hybridized carbons (Fsp3) is 0.636. The van der Waals surface area contributed by atoms with Crippen molar-refractivity contribution in [3.05, 3.63) is 18.1 Å². The van der Waals surface area contributed by atoms with Crippen LogP contribution >= 0.6 is 0 Å². The second kappa shape index (κ2) is 5.79. The van der Waals surface area contributed by atoms with Crippen molar-refractivity contribution >= 4 is 6.01 Å². The molecule has 2 rings (SSSR count). The maximum absolute atomic E-state index is 5.44. The smallest absolute Gasteiger partial charge is 0.315 e. The van der Waals surface area contributed by atoms with Crippen LogP contribution < -0.4 is 10.6 Å². The molecule has 0 aliphatic heterocycles. The lowest BCUT2D eigenvalue weighted by molar-refractivity contribution is 0.377. The summed E-state index contributed by atoms with van der Waals surface area (Å²) in [7, 11) is 0. The predicted molar refractivity (Wildman–Crippen MR) is 67.4 cm³/mol. The Morgan fingerprint density at radius 3 is 2.74 bits per heavy atom. The molecule has 0 fully saturated rings. The first-order valence-corrected chi connectivity index (χ1v) is 6.10. The number of rotatable bonds is 6. The zero-order chi connectivity index (χ0) is 13.7. The van der Waals surface area contributed by atoms with E-state index in [-0.39, 0.29) is 5.54 Å². The molecule has 0 saturated heterocycles.